The topological polar surface area (TPSA) is 118 Å². The van der Waals surface area contributed by atoms with Gasteiger partial charge in [0.1, 0.15) is 23.4 Å². The molecule has 3 aromatic carbocycles. The molecule has 1 amide bonds. The molecule has 1 fully saturated rings. The molecule has 0 unspecified atom stereocenters. The molecule has 2 atom stereocenters. The number of aromatic nitrogens is 1. The first-order valence-corrected chi connectivity index (χ1v) is 13.0. The molecular weight excluding hydrogens is 520 g/mol. The van der Waals surface area contributed by atoms with Crippen LogP contribution in [0.5, 0.6) is 23.0 Å². The molecule has 1 aromatic heterocycles. The van der Waals surface area contributed by atoms with Gasteiger partial charge in [0.05, 0.1) is 36.1 Å². The van der Waals surface area contributed by atoms with Gasteiger partial charge in [-0.05, 0) is 66.6 Å². The van der Waals surface area contributed by atoms with Crippen molar-refractivity contribution in [1.82, 2.24) is 4.98 Å². The van der Waals surface area contributed by atoms with Gasteiger partial charge in [-0.3, -0.25) is 14.5 Å². The van der Waals surface area contributed by atoms with E-state index in [1.54, 1.807) is 55.6 Å². The second-order valence-corrected chi connectivity index (χ2v) is 10.4. The van der Waals surface area contributed by atoms with E-state index in [4.69, 9.17) is 14.2 Å². The Bertz CT molecular complexity index is 1690. The number of hydrogen-bond acceptors (Lipinski definition) is 9. The van der Waals surface area contributed by atoms with Crippen molar-refractivity contribution in [3.63, 3.8) is 0 Å². The molecule has 198 valence electrons. The van der Waals surface area contributed by atoms with Crippen LogP contribution < -0.4 is 19.1 Å². The molecule has 4 aromatic rings. The summed E-state index contributed by atoms with van der Waals surface area (Å²) in [7, 11) is 2.97. The summed E-state index contributed by atoms with van der Waals surface area (Å²) in [6, 6.07) is 14.1. The van der Waals surface area contributed by atoms with Crippen molar-refractivity contribution < 1.29 is 34.0 Å². The molecule has 2 aliphatic heterocycles. The number of phenolic OH excluding ortho intramolecular Hbond substituents is 1. The van der Waals surface area contributed by atoms with Gasteiger partial charge >= 0.3 is 5.91 Å². The van der Waals surface area contributed by atoms with Gasteiger partial charge in [0.2, 0.25) is 0 Å². The summed E-state index contributed by atoms with van der Waals surface area (Å²) in [6.45, 7) is 1.96. The van der Waals surface area contributed by atoms with E-state index in [0.29, 0.717) is 28.8 Å². The maximum Gasteiger partial charge on any atom is 0.301 e. The third-order valence-electron chi connectivity index (χ3n) is 6.92. The molecule has 0 aliphatic carbocycles. The largest absolute Gasteiger partial charge is 0.507 e. The number of nitrogens with zero attached hydrogens (tertiary/aromatic N) is 2. The summed E-state index contributed by atoms with van der Waals surface area (Å²) in [5.41, 5.74) is 2.31. The molecular formula is C29H24N2O7S. The highest BCUT2D eigenvalue weighted by molar-refractivity contribution is 7.22. The molecule has 0 spiro atoms. The Hall–Kier alpha value is -4.57. The van der Waals surface area contributed by atoms with E-state index in [1.165, 1.54) is 29.4 Å². The van der Waals surface area contributed by atoms with E-state index in [0.717, 1.165) is 16.0 Å². The first kappa shape index (κ1) is 24.7. The number of carbonyl (C=O) groups is 2. The number of amides is 1. The van der Waals surface area contributed by atoms with Crippen molar-refractivity contribution in [2.24, 2.45) is 0 Å². The van der Waals surface area contributed by atoms with Crippen LogP contribution in [0.4, 0.5) is 5.13 Å². The molecule has 0 saturated carbocycles. The van der Waals surface area contributed by atoms with Gasteiger partial charge in [-0.15, -0.1) is 0 Å². The van der Waals surface area contributed by atoms with E-state index in [2.05, 4.69) is 4.98 Å². The average molecular weight is 545 g/mol. The zero-order valence-electron chi connectivity index (χ0n) is 21.3. The predicted octanol–water partition coefficient (Wildman–Crippen LogP) is 4.97. The van der Waals surface area contributed by atoms with E-state index in [-0.39, 0.29) is 34.1 Å². The standard InChI is InChI=1S/C29H24N2O7S/c1-14-10-17-11-16(5-9-21(17)38-14)26(33)24-25(15-4-8-20(32)22(12-15)37-3)31(28(35)27(24)34)29-30-19-7-6-18(36-2)13-23(19)39-29/h4-9,11-14,25,32-33H,10H2,1-3H3/t14-,25-/m1/s1. The van der Waals surface area contributed by atoms with Crippen LogP contribution >= 0.6 is 11.3 Å². The second kappa shape index (κ2) is 9.32. The zero-order valence-corrected chi connectivity index (χ0v) is 22.1. The highest BCUT2D eigenvalue weighted by Gasteiger charge is 2.48. The number of Topliss-reactive ketones (excluding diaryl/α,β-unsaturated/α-hetero) is 1. The normalized spacial score (nSPS) is 19.8. The number of phenols is 1. The van der Waals surface area contributed by atoms with Crippen LogP contribution in [-0.4, -0.2) is 47.2 Å². The first-order valence-electron chi connectivity index (χ1n) is 12.2. The van der Waals surface area contributed by atoms with Crippen LogP contribution in [0.3, 0.4) is 0 Å². The monoisotopic (exact) mass is 544 g/mol. The number of ketones is 1. The van der Waals surface area contributed by atoms with Gasteiger partial charge in [-0.2, -0.15) is 0 Å². The summed E-state index contributed by atoms with van der Waals surface area (Å²) in [6.07, 6.45) is 0.670. The minimum atomic E-state index is -1.02. The number of fused-ring (bicyclic) bond motifs is 2. The molecule has 2 N–H and O–H groups in total. The van der Waals surface area contributed by atoms with Crippen LogP contribution in [-0.2, 0) is 16.0 Å². The highest BCUT2D eigenvalue weighted by atomic mass is 32.1. The quantitative estimate of drug-likeness (QED) is 0.205. The Morgan fingerprint density at radius 1 is 1.08 bits per heavy atom. The first-order chi connectivity index (χ1) is 18.8. The maximum absolute atomic E-state index is 13.6. The molecule has 2 aliphatic rings. The minimum Gasteiger partial charge on any atom is -0.507 e. The molecule has 3 heterocycles. The zero-order chi connectivity index (χ0) is 27.4. The van der Waals surface area contributed by atoms with Crippen molar-refractivity contribution in [1.29, 1.82) is 0 Å². The van der Waals surface area contributed by atoms with Crippen LogP contribution in [0.1, 0.15) is 29.7 Å². The number of ether oxygens (including phenoxy) is 3. The van der Waals surface area contributed by atoms with Gasteiger partial charge in [0, 0.05) is 12.0 Å². The van der Waals surface area contributed by atoms with E-state index >= 15 is 0 Å². The van der Waals surface area contributed by atoms with Gasteiger partial charge in [-0.25, -0.2) is 4.98 Å². The summed E-state index contributed by atoms with van der Waals surface area (Å²) in [4.78, 5) is 33.0. The molecule has 0 bridgehead atoms. The van der Waals surface area contributed by atoms with Gasteiger partial charge in [-0.1, -0.05) is 17.4 Å². The molecule has 1 saturated heterocycles. The summed E-state index contributed by atoms with van der Waals surface area (Å²) in [5, 5.41) is 22.0. The average Bonchev–Trinajstić information content (AvgIpc) is 3.60. The highest BCUT2D eigenvalue weighted by Crippen LogP contribution is 2.46. The smallest absolute Gasteiger partial charge is 0.301 e. The van der Waals surface area contributed by atoms with Gasteiger partial charge in [0.15, 0.2) is 16.6 Å². The summed E-state index contributed by atoms with van der Waals surface area (Å²) >= 11 is 1.23. The van der Waals surface area contributed by atoms with Crippen molar-refractivity contribution in [2.75, 3.05) is 19.1 Å². The molecule has 6 rings (SSSR count). The van der Waals surface area contributed by atoms with Crippen molar-refractivity contribution >= 4 is 44.1 Å². The fraction of sp³-hybridized carbons (Fsp3) is 0.207. The van der Waals surface area contributed by atoms with Crippen LogP contribution in [0.25, 0.3) is 16.0 Å². The van der Waals surface area contributed by atoms with Crippen molar-refractivity contribution in [3.05, 3.63) is 76.9 Å². The predicted molar refractivity (Wildman–Crippen MR) is 146 cm³/mol. The fourth-order valence-corrected chi connectivity index (χ4v) is 6.08. The lowest BCUT2D eigenvalue weighted by atomic mass is 9.94. The minimum absolute atomic E-state index is 0.00472. The number of anilines is 1. The Labute approximate surface area is 227 Å². The third-order valence-corrected chi connectivity index (χ3v) is 7.94. The van der Waals surface area contributed by atoms with E-state index < -0.39 is 17.7 Å². The second-order valence-electron chi connectivity index (χ2n) is 9.39. The van der Waals surface area contributed by atoms with Crippen molar-refractivity contribution in [2.45, 2.75) is 25.5 Å². The number of carbonyl (C=O) groups excluding carboxylic acids is 2. The van der Waals surface area contributed by atoms with Crippen LogP contribution in [0, 0.1) is 0 Å². The number of thiazole rings is 1. The van der Waals surface area contributed by atoms with Gasteiger partial charge < -0.3 is 24.4 Å². The Morgan fingerprint density at radius 2 is 1.90 bits per heavy atom. The summed E-state index contributed by atoms with van der Waals surface area (Å²) in [5.74, 6) is -0.547. The molecule has 0 radical (unpaired) electrons. The van der Waals surface area contributed by atoms with Crippen LogP contribution in [0.15, 0.2) is 60.2 Å². The lowest BCUT2D eigenvalue weighted by Crippen LogP contribution is -2.29. The number of benzene rings is 3. The number of aliphatic hydroxyl groups excluding tert-OH is 1. The fourth-order valence-electron chi connectivity index (χ4n) is 5.06. The van der Waals surface area contributed by atoms with E-state index in [9.17, 15) is 19.8 Å². The third kappa shape index (κ3) is 4.04. The van der Waals surface area contributed by atoms with Crippen LogP contribution in [0.2, 0.25) is 0 Å². The van der Waals surface area contributed by atoms with Crippen molar-refractivity contribution in [3.8, 4) is 23.0 Å². The summed E-state index contributed by atoms with van der Waals surface area (Å²) < 4.78 is 17.1. The lowest BCUT2D eigenvalue weighted by molar-refractivity contribution is -0.132. The number of methoxy groups -OCH3 is 2. The molecule has 9 nitrogen and oxygen atoms in total. The number of hydrogen-bond donors (Lipinski definition) is 2. The Kier molecular flexibility index (Phi) is 5.91. The Morgan fingerprint density at radius 3 is 2.67 bits per heavy atom. The number of aromatic hydroxyl groups is 1. The molecule has 39 heavy (non-hydrogen) atoms. The van der Waals surface area contributed by atoms with Gasteiger partial charge in [0.25, 0.3) is 5.78 Å². The van der Waals surface area contributed by atoms with E-state index in [1.807, 2.05) is 6.92 Å². The lowest BCUT2D eigenvalue weighted by Gasteiger charge is -2.23. The maximum atomic E-state index is 13.6. The number of rotatable bonds is 5. The SMILES string of the molecule is COc1ccc2nc(N3C(=O)C(=O)C(=C(O)c4ccc5c(c4)C[C@@H](C)O5)[C@H]3c3ccc(O)c(OC)c3)sc2c1. The molecule has 10 heteroatoms. The Balaban J connectivity index is 1.54. The number of aliphatic hydroxyl groups is 1.